The molecular weight excluding hydrogens is 276 g/mol. The molecule has 1 aromatic heterocycles. The second-order valence-electron chi connectivity index (χ2n) is 4.15. The van der Waals surface area contributed by atoms with Gasteiger partial charge in [-0.1, -0.05) is 6.07 Å². The van der Waals surface area contributed by atoms with E-state index in [1.807, 2.05) is 16.8 Å². The molecule has 2 rings (SSSR count). The lowest BCUT2D eigenvalue weighted by atomic mass is 10.2. The van der Waals surface area contributed by atoms with Crippen molar-refractivity contribution in [1.82, 2.24) is 5.32 Å². The maximum absolute atomic E-state index is 11.7. The molecular formula is C14H14N2O3S. The number of benzene rings is 1. The van der Waals surface area contributed by atoms with E-state index in [2.05, 4.69) is 10.6 Å². The molecule has 0 fully saturated rings. The molecule has 0 bridgehead atoms. The molecule has 0 atom stereocenters. The Bertz CT molecular complexity index is 596. The lowest BCUT2D eigenvalue weighted by Gasteiger charge is -2.07. The molecule has 104 valence electrons. The summed E-state index contributed by atoms with van der Waals surface area (Å²) in [5, 5.41) is 18.2. The molecule has 0 aliphatic rings. The molecule has 0 aliphatic carbocycles. The Morgan fingerprint density at radius 3 is 2.80 bits per heavy atom. The van der Waals surface area contributed by atoms with Gasteiger partial charge in [-0.25, -0.2) is 9.59 Å². The van der Waals surface area contributed by atoms with Crippen LogP contribution >= 0.6 is 11.3 Å². The van der Waals surface area contributed by atoms with Gasteiger partial charge in [0.05, 0.1) is 5.56 Å². The number of amides is 2. The zero-order valence-electron chi connectivity index (χ0n) is 10.6. The van der Waals surface area contributed by atoms with E-state index < -0.39 is 5.97 Å². The maximum Gasteiger partial charge on any atom is 0.335 e. The first kappa shape index (κ1) is 14.1. The molecule has 0 radical (unpaired) electrons. The normalized spacial score (nSPS) is 10.0. The van der Waals surface area contributed by atoms with Crippen LogP contribution in [0.25, 0.3) is 0 Å². The van der Waals surface area contributed by atoms with Gasteiger partial charge in [0.1, 0.15) is 0 Å². The van der Waals surface area contributed by atoms with Gasteiger partial charge < -0.3 is 15.7 Å². The summed E-state index contributed by atoms with van der Waals surface area (Å²) < 4.78 is 0. The summed E-state index contributed by atoms with van der Waals surface area (Å²) in [5.74, 6) is -1.02. The first-order chi connectivity index (χ1) is 9.65. The first-order valence-corrected chi connectivity index (χ1v) is 6.99. The quantitative estimate of drug-likeness (QED) is 0.792. The van der Waals surface area contributed by atoms with Gasteiger partial charge in [-0.3, -0.25) is 0 Å². The fourth-order valence-corrected chi connectivity index (χ4v) is 2.36. The largest absolute Gasteiger partial charge is 0.478 e. The summed E-state index contributed by atoms with van der Waals surface area (Å²) in [4.78, 5) is 22.5. The Morgan fingerprint density at radius 2 is 2.10 bits per heavy atom. The molecule has 0 saturated carbocycles. The number of carboxylic acids is 1. The van der Waals surface area contributed by atoms with Crippen LogP contribution in [0.1, 0.15) is 15.9 Å². The Balaban J connectivity index is 1.82. The topological polar surface area (TPSA) is 78.4 Å². The van der Waals surface area contributed by atoms with Crippen LogP contribution in [0.3, 0.4) is 0 Å². The number of carbonyl (C=O) groups is 2. The van der Waals surface area contributed by atoms with Crippen LogP contribution in [0.15, 0.2) is 41.1 Å². The van der Waals surface area contributed by atoms with Gasteiger partial charge in [-0.15, -0.1) is 0 Å². The standard InChI is InChI=1S/C14H14N2O3S/c17-13(18)11-2-1-3-12(8-11)16-14(19)15-6-4-10-5-7-20-9-10/h1-3,5,7-9H,4,6H2,(H,17,18)(H2,15,16,19). The Hall–Kier alpha value is -2.34. The second-order valence-corrected chi connectivity index (χ2v) is 4.93. The van der Waals surface area contributed by atoms with E-state index in [-0.39, 0.29) is 11.6 Å². The second kappa shape index (κ2) is 6.72. The number of hydrogen-bond acceptors (Lipinski definition) is 3. The van der Waals surface area contributed by atoms with Gasteiger partial charge in [0.15, 0.2) is 0 Å². The van der Waals surface area contributed by atoms with Gasteiger partial charge in [-0.2, -0.15) is 11.3 Å². The van der Waals surface area contributed by atoms with E-state index in [4.69, 9.17) is 5.11 Å². The van der Waals surface area contributed by atoms with Crippen molar-refractivity contribution in [3.8, 4) is 0 Å². The van der Waals surface area contributed by atoms with E-state index in [1.165, 1.54) is 17.7 Å². The summed E-state index contributed by atoms with van der Waals surface area (Å²) in [7, 11) is 0. The molecule has 0 saturated heterocycles. The van der Waals surface area contributed by atoms with E-state index in [1.54, 1.807) is 23.5 Å². The van der Waals surface area contributed by atoms with Crippen LogP contribution in [0.4, 0.5) is 10.5 Å². The van der Waals surface area contributed by atoms with Crippen molar-refractivity contribution < 1.29 is 14.7 Å². The summed E-state index contributed by atoms with van der Waals surface area (Å²) >= 11 is 1.62. The molecule has 2 aromatic rings. The predicted octanol–water partition coefficient (Wildman–Crippen LogP) is 2.81. The SMILES string of the molecule is O=C(NCCc1ccsc1)Nc1cccc(C(=O)O)c1. The van der Waals surface area contributed by atoms with Crippen molar-refractivity contribution in [1.29, 1.82) is 0 Å². The van der Waals surface area contributed by atoms with Crippen molar-refractivity contribution in [2.24, 2.45) is 0 Å². The van der Waals surface area contributed by atoms with Gasteiger partial charge in [0.25, 0.3) is 0 Å². The number of nitrogens with one attached hydrogen (secondary N) is 2. The Kier molecular flexibility index (Phi) is 4.73. The molecule has 2 amide bonds. The number of carbonyl (C=O) groups excluding carboxylic acids is 1. The zero-order chi connectivity index (χ0) is 14.4. The number of urea groups is 1. The van der Waals surface area contributed by atoms with E-state index in [0.29, 0.717) is 12.2 Å². The van der Waals surface area contributed by atoms with Gasteiger partial charge in [-0.05, 0) is 47.0 Å². The number of thiophene rings is 1. The molecule has 1 aromatic carbocycles. The number of carboxylic acid groups (broad SMARTS) is 1. The fraction of sp³-hybridized carbons (Fsp3) is 0.143. The summed E-state index contributed by atoms with van der Waals surface area (Å²) in [5.41, 5.74) is 1.78. The summed E-state index contributed by atoms with van der Waals surface area (Å²) in [6, 6.07) is 7.79. The minimum absolute atomic E-state index is 0.140. The monoisotopic (exact) mass is 290 g/mol. The van der Waals surface area contributed by atoms with Crippen molar-refractivity contribution >= 4 is 29.0 Å². The highest BCUT2D eigenvalue weighted by molar-refractivity contribution is 7.07. The molecule has 6 heteroatoms. The fourth-order valence-electron chi connectivity index (χ4n) is 1.66. The lowest BCUT2D eigenvalue weighted by molar-refractivity contribution is 0.0697. The molecule has 0 aliphatic heterocycles. The van der Waals surface area contributed by atoms with Crippen LogP contribution < -0.4 is 10.6 Å². The predicted molar refractivity (Wildman–Crippen MR) is 78.4 cm³/mol. The van der Waals surface area contributed by atoms with Crippen LogP contribution in [0, 0.1) is 0 Å². The highest BCUT2D eigenvalue weighted by atomic mass is 32.1. The summed E-state index contributed by atoms with van der Waals surface area (Å²) in [6.45, 7) is 0.529. The molecule has 0 spiro atoms. The molecule has 0 unspecified atom stereocenters. The maximum atomic E-state index is 11.7. The van der Waals surface area contributed by atoms with Gasteiger partial charge in [0.2, 0.25) is 0 Å². The first-order valence-electron chi connectivity index (χ1n) is 6.04. The third-order valence-electron chi connectivity index (χ3n) is 2.65. The van der Waals surface area contributed by atoms with Crippen LogP contribution in [0.5, 0.6) is 0 Å². The number of aromatic carboxylic acids is 1. The van der Waals surface area contributed by atoms with Crippen LogP contribution in [-0.2, 0) is 6.42 Å². The van der Waals surface area contributed by atoms with Crippen molar-refractivity contribution in [2.45, 2.75) is 6.42 Å². The van der Waals surface area contributed by atoms with Gasteiger partial charge in [0, 0.05) is 12.2 Å². The average molecular weight is 290 g/mol. The molecule has 3 N–H and O–H groups in total. The van der Waals surface area contributed by atoms with Crippen molar-refractivity contribution in [2.75, 3.05) is 11.9 Å². The van der Waals surface area contributed by atoms with Crippen molar-refractivity contribution in [3.05, 3.63) is 52.2 Å². The lowest BCUT2D eigenvalue weighted by Crippen LogP contribution is -2.30. The Morgan fingerprint density at radius 1 is 1.25 bits per heavy atom. The molecule has 1 heterocycles. The minimum Gasteiger partial charge on any atom is -0.478 e. The van der Waals surface area contributed by atoms with Crippen LogP contribution in [-0.4, -0.2) is 23.7 Å². The Labute approximate surface area is 120 Å². The number of hydrogen-bond donors (Lipinski definition) is 3. The average Bonchev–Trinajstić information content (AvgIpc) is 2.92. The highest BCUT2D eigenvalue weighted by Crippen LogP contribution is 2.10. The smallest absolute Gasteiger partial charge is 0.335 e. The zero-order valence-corrected chi connectivity index (χ0v) is 11.4. The van der Waals surface area contributed by atoms with E-state index >= 15 is 0 Å². The molecule has 20 heavy (non-hydrogen) atoms. The number of rotatable bonds is 5. The van der Waals surface area contributed by atoms with Gasteiger partial charge >= 0.3 is 12.0 Å². The third-order valence-corrected chi connectivity index (χ3v) is 3.38. The third kappa shape index (κ3) is 4.10. The van der Waals surface area contributed by atoms with Crippen molar-refractivity contribution in [3.63, 3.8) is 0 Å². The molecule has 5 nitrogen and oxygen atoms in total. The minimum atomic E-state index is -1.02. The van der Waals surface area contributed by atoms with E-state index in [9.17, 15) is 9.59 Å². The number of anilines is 1. The van der Waals surface area contributed by atoms with Crippen LogP contribution in [0.2, 0.25) is 0 Å². The summed E-state index contributed by atoms with van der Waals surface area (Å²) in [6.07, 6.45) is 0.770. The highest BCUT2D eigenvalue weighted by Gasteiger charge is 2.05. The van der Waals surface area contributed by atoms with E-state index in [0.717, 1.165) is 6.42 Å².